The summed E-state index contributed by atoms with van der Waals surface area (Å²) in [7, 11) is -1.63. The molecule has 1 saturated heterocycles. The summed E-state index contributed by atoms with van der Waals surface area (Å²) in [5, 5.41) is 0. The Hall–Kier alpha value is -0.900. The largest absolute Gasteiger partial charge is 0.476 e. The Morgan fingerprint density at radius 3 is 3.00 bits per heavy atom. The van der Waals surface area contributed by atoms with Crippen LogP contribution >= 0.6 is 15.9 Å². The standard InChI is InChI=1S/C15H24BrN3O4S/c1-22-13-5-3-6-19(11-13)7-4-8-23-15-14(18-24(2,20)21)9-12(16)10-17-15/h9-10,13,18H,3-8,11H2,1-2H3. The number of nitrogens with one attached hydrogen (secondary N) is 1. The van der Waals surface area contributed by atoms with Gasteiger partial charge in [0.2, 0.25) is 15.9 Å². The van der Waals surface area contributed by atoms with Gasteiger partial charge in [-0.1, -0.05) is 0 Å². The lowest BCUT2D eigenvalue weighted by molar-refractivity contribution is 0.0298. The van der Waals surface area contributed by atoms with Gasteiger partial charge in [-0.05, 0) is 47.8 Å². The molecule has 9 heteroatoms. The van der Waals surface area contributed by atoms with Gasteiger partial charge in [0.25, 0.3) is 0 Å². The number of methoxy groups -OCH3 is 1. The van der Waals surface area contributed by atoms with E-state index in [2.05, 4.69) is 30.5 Å². The maximum absolute atomic E-state index is 11.4. The number of rotatable bonds is 8. The lowest BCUT2D eigenvalue weighted by atomic mass is 10.1. The highest BCUT2D eigenvalue weighted by molar-refractivity contribution is 9.10. The van der Waals surface area contributed by atoms with E-state index >= 15 is 0 Å². The average molecular weight is 422 g/mol. The molecule has 1 atom stereocenters. The number of pyridine rings is 1. The van der Waals surface area contributed by atoms with Crippen molar-refractivity contribution < 1.29 is 17.9 Å². The Bertz CT molecular complexity index is 642. The Kier molecular flexibility index (Phi) is 7.27. The van der Waals surface area contributed by atoms with Gasteiger partial charge in [-0.15, -0.1) is 0 Å². The number of hydrogen-bond donors (Lipinski definition) is 1. The second kappa shape index (κ2) is 8.98. The van der Waals surface area contributed by atoms with E-state index in [1.807, 2.05) is 0 Å². The third-order valence-corrected chi connectivity index (χ3v) is 4.79. The molecule has 7 nitrogen and oxygen atoms in total. The Balaban J connectivity index is 1.83. The molecule has 0 bridgehead atoms. The molecule has 1 aliphatic heterocycles. The molecule has 0 spiro atoms. The van der Waals surface area contributed by atoms with Crippen LogP contribution in [0.1, 0.15) is 19.3 Å². The summed E-state index contributed by atoms with van der Waals surface area (Å²) in [4.78, 5) is 6.51. The van der Waals surface area contributed by atoms with Gasteiger partial charge in [0, 0.05) is 30.9 Å². The van der Waals surface area contributed by atoms with Crippen LogP contribution in [-0.2, 0) is 14.8 Å². The van der Waals surface area contributed by atoms with Gasteiger partial charge in [0.15, 0.2) is 0 Å². The van der Waals surface area contributed by atoms with Crippen molar-refractivity contribution in [3.8, 4) is 5.88 Å². The van der Waals surface area contributed by atoms with Crippen LogP contribution in [0.2, 0.25) is 0 Å². The highest BCUT2D eigenvalue weighted by atomic mass is 79.9. The van der Waals surface area contributed by atoms with E-state index in [0.717, 1.165) is 45.2 Å². The van der Waals surface area contributed by atoms with Crippen molar-refractivity contribution in [1.29, 1.82) is 0 Å². The Morgan fingerprint density at radius 2 is 2.29 bits per heavy atom. The van der Waals surface area contributed by atoms with E-state index in [1.54, 1.807) is 19.4 Å². The van der Waals surface area contributed by atoms with Gasteiger partial charge in [0.05, 0.1) is 19.0 Å². The van der Waals surface area contributed by atoms with Gasteiger partial charge < -0.3 is 14.4 Å². The van der Waals surface area contributed by atoms with Crippen molar-refractivity contribution in [3.63, 3.8) is 0 Å². The van der Waals surface area contributed by atoms with Crippen LogP contribution in [0.15, 0.2) is 16.7 Å². The summed E-state index contributed by atoms with van der Waals surface area (Å²) in [5.41, 5.74) is 0.337. The number of piperidine rings is 1. The maximum atomic E-state index is 11.4. The van der Waals surface area contributed by atoms with E-state index in [-0.39, 0.29) is 5.88 Å². The average Bonchev–Trinajstić information content (AvgIpc) is 2.52. The number of aromatic nitrogens is 1. The molecule has 2 heterocycles. The predicted molar refractivity (Wildman–Crippen MR) is 97.0 cm³/mol. The van der Waals surface area contributed by atoms with Gasteiger partial charge in [0.1, 0.15) is 5.69 Å². The Morgan fingerprint density at radius 1 is 1.50 bits per heavy atom. The highest BCUT2D eigenvalue weighted by Crippen LogP contribution is 2.26. The zero-order valence-corrected chi connectivity index (χ0v) is 16.4. The van der Waals surface area contributed by atoms with Crippen molar-refractivity contribution >= 4 is 31.6 Å². The van der Waals surface area contributed by atoms with Crippen LogP contribution in [0.5, 0.6) is 5.88 Å². The summed E-state index contributed by atoms with van der Waals surface area (Å²) in [5.74, 6) is 0.289. The summed E-state index contributed by atoms with van der Waals surface area (Å²) >= 11 is 3.28. The smallest absolute Gasteiger partial charge is 0.238 e. The van der Waals surface area contributed by atoms with Crippen LogP contribution in [0.25, 0.3) is 0 Å². The third kappa shape index (κ3) is 6.54. The minimum atomic E-state index is -3.39. The molecular weight excluding hydrogens is 398 g/mol. The van der Waals surface area contributed by atoms with E-state index in [0.29, 0.717) is 22.9 Å². The summed E-state index contributed by atoms with van der Waals surface area (Å²) < 4.78 is 37.0. The molecule has 0 aromatic carbocycles. The molecule has 24 heavy (non-hydrogen) atoms. The minimum absolute atomic E-state index is 0.289. The molecule has 1 aliphatic rings. The topological polar surface area (TPSA) is 80.8 Å². The fourth-order valence-corrected chi connectivity index (χ4v) is 3.56. The second-order valence-electron chi connectivity index (χ2n) is 5.88. The number of sulfonamides is 1. The van der Waals surface area contributed by atoms with E-state index in [9.17, 15) is 8.42 Å². The van der Waals surface area contributed by atoms with Crippen LogP contribution in [-0.4, -0.2) is 64.0 Å². The first-order valence-electron chi connectivity index (χ1n) is 7.88. The summed E-state index contributed by atoms with van der Waals surface area (Å²) in [6.45, 7) is 3.43. The summed E-state index contributed by atoms with van der Waals surface area (Å²) in [6.07, 6.45) is 6.10. The number of nitrogens with zero attached hydrogens (tertiary/aromatic N) is 2. The highest BCUT2D eigenvalue weighted by Gasteiger charge is 2.19. The number of anilines is 1. The fraction of sp³-hybridized carbons (Fsp3) is 0.667. The quantitative estimate of drug-likeness (QED) is 0.647. The van der Waals surface area contributed by atoms with Crippen LogP contribution in [0, 0.1) is 0 Å². The second-order valence-corrected chi connectivity index (χ2v) is 8.55. The maximum Gasteiger partial charge on any atom is 0.238 e. The number of likely N-dealkylation sites (tertiary alicyclic amines) is 1. The van der Waals surface area contributed by atoms with Crippen molar-refractivity contribution in [2.24, 2.45) is 0 Å². The molecule has 0 aliphatic carbocycles. The zero-order valence-electron chi connectivity index (χ0n) is 14.0. The van der Waals surface area contributed by atoms with E-state index < -0.39 is 10.0 Å². The first kappa shape index (κ1) is 19.4. The van der Waals surface area contributed by atoms with Gasteiger partial charge in [-0.25, -0.2) is 13.4 Å². The first-order chi connectivity index (χ1) is 11.4. The molecule has 1 N–H and O–H groups in total. The minimum Gasteiger partial charge on any atom is -0.476 e. The van der Waals surface area contributed by atoms with Crippen molar-refractivity contribution in [3.05, 3.63) is 16.7 Å². The summed E-state index contributed by atoms with van der Waals surface area (Å²) in [6, 6.07) is 1.64. The normalized spacial score (nSPS) is 19.2. The molecule has 1 aromatic rings. The third-order valence-electron chi connectivity index (χ3n) is 3.77. The van der Waals surface area contributed by atoms with E-state index in [1.165, 1.54) is 0 Å². The lowest BCUT2D eigenvalue weighted by Crippen LogP contribution is -2.40. The monoisotopic (exact) mass is 421 g/mol. The van der Waals surface area contributed by atoms with Crippen LogP contribution in [0.3, 0.4) is 0 Å². The number of ether oxygens (including phenoxy) is 2. The van der Waals surface area contributed by atoms with Gasteiger partial charge in [-0.3, -0.25) is 4.72 Å². The molecule has 1 unspecified atom stereocenters. The number of halogens is 1. The van der Waals surface area contributed by atoms with Crippen LogP contribution < -0.4 is 9.46 Å². The molecule has 0 radical (unpaired) electrons. The van der Waals surface area contributed by atoms with E-state index in [4.69, 9.17) is 9.47 Å². The fourth-order valence-electron chi connectivity index (χ4n) is 2.68. The van der Waals surface area contributed by atoms with Crippen molar-refractivity contribution in [1.82, 2.24) is 9.88 Å². The molecule has 1 aromatic heterocycles. The van der Waals surface area contributed by atoms with Gasteiger partial charge >= 0.3 is 0 Å². The zero-order chi connectivity index (χ0) is 17.6. The molecule has 1 fully saturated rings. The molecule has 0 saturated carbocycles. The van der Waals surface area contributed by atoms with Crippen LogP contribution in [0.4, 0.5) is 5.69 Å². The predicted octanol–water partition coefficient (Wildman–Crippen LogP) is 2.10. The SMILES string of the molecule is COC1CCCN(CCCOc2ncc(Br)cc2NS(C)(=O)=O)C1. The van der Waals surface area contributed by atoms with Crippen molar-refractivity contribution in [2.75, 3.05) is 44.3 Å². The number of hydrogen-bond acceptors (Lipinski definition) is 6. The molecule has 0 amide bonds. The lowest BCUT2D eigenvalue weighted by Gasteiger charge is -2.31. The molecule has 136 valence electrons. The molecular formula is C15H24BrN3O4S. The Labute approximate surface area is 151 Å². The first-order valence-corrected chi connectivity index (χ1v) is 10.6. The van der Waals surface area contributed by atoms with Crippen molar-refractivity contribution in [2.45, 2.75) is 25.4 Å². The molecule has 2 rings (SSSR count). The van der Waals surface area contributed by atoms with Gasteiger partial charge in [-0.2, -0.15) is 0 Å².